The predicted octanol–water partition coefficient (Wildman–Crippen LogP) is 2.00. The van der Waals surface area contributed by atoms with E-state index in [1.165, 1.54) is 4.90 Å². The van der Waals surface area contributed by atoms with Gasteiger partial charge >= 0.3 is 12.0 Å². The number of urea groups is 1. The predicted molar refractivity (Wildman–Crippen MR) is 72.9 cm³/mol. The molecule has 1 aromatic rings. The van der Waals surface area contributed by atoms with Crippen LogP contribution in [0.1, 0.15) is 24.5 Å². The van der Waals surface area contributed by atoms with E-state index in [0.717, 1.165) is 11.1 Å². The molecule has 0 saturated heterocycles. The third-order valence-corrected chi connectivity index (χ3v) is 2.85. The number of rotatable bonds is 5. The van der Waals surface area contributed by atoms with Crippen LogP contribution in [0.5, 0.6) is 0 Å². The average molecular weight is 264 g/mol. The Morgan fingerprint density at radius 3 is 2.63 bits per heavy atom. The largest absolute Gasteiger partial charge is 0.480 e. The molecule has 0 radical (unpaired) electrons. The van der Waals surface area contributed by atoms with Gasteiger partial charge in [-0.2, -0.15) is 0 Å². The van der Waals surface area contributed by atoms with Gasteiger partial charge < -0.3 is 15.3 Å². The van der Waals surface area contributed by atoms with Gasteiger partial charge in [0.05, 0.1) is 0 Å². The number of aliphatic carboxylic acids is 1. The molecule has 0 heterocycles. The Morgan fingerprint density at radius 2 is 2.11 bits per heavy atom. The van der Waals surface area contributed by atoms with Crippen LogP contribution in [0.3, 0.4) is 0 Å². The van der Waals surface area contributed by atoms with E-state index < -0.39 is 12.0 Å². The van der Waals surface area contributed by atoms with Gasteiger partial charge in [0.25, 0.3) is 0 Å². The molecule has 0 bridgehead atoms. The van der Waals surface area contributed by atoms with E-state index in [1.54, 1.807) is 14.0 Å². The minimum Gasteiger partial charge on any atom is -0.480 e. The lowest BCUT2D eigenvalue weighted by atomic mass is 10.1. The number of amides is 2. The average Bonchev–Trinajstić information content (AvgIpc) is 2.35. The molecular formula is C14H20N2O3. The highest BCUT2D eigenvalue weighted by Crippen LogP contribution is 2.07. The molecule has 0 aliphatic heterocycles. The zero-order chi connectivity index (χ0) is 14.4. The number of nitrogens with one attached hydrogen (secondary N) is 1. The highest BCUT2D eigenvalue weighted by Gasteiger charge is 2.19. The van der Waals surface area contributed by atoms with Crippen molar-refractivity contribution < 1.29 is 14.7 Å². The molecule has 0 aromatic heterocycles. The molecule has 2 amide bonds. The van der Waals surface area contributed by atoms with E-state index in [4.69, 9.17) is 5.11 Å². The highest BCUT2D eigenvalue weighted by atomic mass is 16.4. The Bertz CT molecular complexity index is 460. The molecular weight excluding hydrogens is 244 g/mol. The summed E-state index contributed by atoms with van der Waals surface area (Å²) in [5.74, 6) is -1.01. The van der Waals surface area contributed by atoms with Gasteiger partial charge in [-0.15, -0.1) is 0 Å². The molecule has 0 aliphatic carbocycles. The third kappa shape index (κ3) is 4.62. The molecule has 5 heteroatoms. The summed E-state index contributed by atoms with van der Waals surface area (Å²) in [5, 5.41) is 11.4. The zero-order valence-electron chi connectivity index (χ0n) is 11.5. The van der Waals surface area contributed by atoms with Gasteiger partial charge in [-0.3, -0.25) is 0 Å². The molecule has 104 valence electrons. The number of benzene rings is 1. The van der Waals surface area contributed by atoms with Crippen LogP contribution >= 0.6 is 0 Å². The number of carboxylic acid groups (broad SMARTS) is 1. The summed E-state index contributed by atoms with van der Waals surface area (Å²) in [4.78, 5) is 24.2. The van der Waals surface area contributed by atoms with Gasteiger partial charge in [0.1, 0.15) is 6.04 Å². The maximum Gasteiger partial charge on any atom is 0.326 e. The van der Waals surface area contributed by atoms with Crippen LogP contribution in [0.2, 0.25) is 0 Å². The fourth-order valence-corrected chi connectivity index (χ4v) is 1.75. The van der Waals surface area contributed by atoms with E-state index >= 15 is 0 Å². The van der Waals surface area contributed by atoms with E-state index in [9.17, 15) is 9.59 Å². The van der Waals surface area contributed by atoms with Crippen LogP contribution in [0, 0.1) is 6.92 Å². The molecule has 0 saturated carbocycles. The second-order valence-electron chi connectivity index (χ2n) is 4.59. The van der Waals surface area contributed by atoms with Gasteiger partial charge in [-0.1, -0.05) is 36.8 Å². The van der Waals surface area contributed by atoms with Crippen molar-refractivity contribution in [1.82, 2.24) is 10.2 Å². The SMILES string of the molecule is CC[C@@H](NC(=O)N(C)Cc1cccc(C)c1)C(=O)O. The first-order chi connectivity index (χ1) is 8.93. The van der Waals surface area contributed by atoms with Crippen molar-refractivity contribution in [3.05, 3.63) is 35.4 Å². The molecule has 1 aromatic carbocycles. The summed E-state index contributed by atoms with van der Waals surface area (Å²) in [6, 6.07) is 6.64. The smallest absolute Gasteiger partial charge is 0.326 e. The summed E-state index contributed by atoms with van der Waals surface area (Å²) < 4.78 is 0. The Balaban J connectivity index is 2.60. The van der Waals surface area contributed by atoms with Crippen molar-refractivity contribution in [3.8, 4) is 0 Å². The zero-order valence-corrected chi connectivity index (χ0v) is 11.5. The van der Waals surface area contributed by atoms with Crippen molar-refractivity contribution in [2.24, 2.45) is 0 Å². The molecule has 2 N–H and O–H groups in total. The fraction of sp³-hybridized carbons (Fsp3) is 0.429. The molecule has 0 fully saturated rings. The van der Waals surface area contributed by atoms with Gasteiger partial charge in [0.2, 0.25) is 0 Å². The molecule has 0 unspecified atom stereocenters. The van der Waals surface area contributed by atoms with Crippen LogP contribution in [-0.2, 0) is 11.3 Å². The Labute approximate surface area is 113 Å². The van der Waals surface area contributed by atoms with E-state index in [-0.39, 0.29) is 6.03 Å². The molecule has 0 spiro atoms. The van der Waals surface area contributed by atoms with Crippen molar-refractivity contribution in [1.29, 1.82) is 0 Å². The van der Waals surface area contributed by atoms with Crippen LogP contribution in [0.15, 0.2) is 24.3 Å². The second-order valence-corrected chi connectivity index (χ2v) is 4.59. The first-order valence-corrected chi connectivity index (χ1v) is 6.24. The number of hydrogen-bond acceptors (Lipinski definition) is 2. The minimum atomic E-state index is -1.01. The summed E-state index contributed by atoms with van der Waals surface area (Å²) >= 11 is 0. The number of carbonyl (C=O) groups excluding carboxylic acids is 1. The van der Waals surface area contributed by atoms with E-state index in [2.05, 4.69) is 5.32 Å². The van der Waals surface area contributed by atoms with Crippen molar-refractivity contribution in [2.75, 3.05) is 7.05 Å². The molecule has 1 rings (SSSR count). The third-order valence-electron chi connectivity index (χ3n) is 2.85. The topological polar surface area (TPSA) is 69.6 Å². The first-order valence-electron chi connectivity index (χ1n) is 6.24. The van der Waals surface area contributed by atoms with Crippen LogP contribution in [0.25, 0.3) is 0 Å². The van der Waals surface area contributed by atoms with Crippen LogP contribution in [-0.4, -0.2) is 35.1 Å². The lowest BCUT2D eigenvalue weighted by molar-refractivity contribution is -0.139. The lowest BCUT2D eigenvalue weighted by Crippen LogP contribution is -2.46. The fourth-order valence-electron chi connectivity index (χ4n) is 1.75. The summed E-state index contributed by atoms with van der Waals surface area (Å²) in [6.07, 6.45) is 0.360. The normalized spacial score (nSPS) is 11.7. The van der Waals surface area contributed by atoms with E-state index in [0.29, 0.717) is 13.0 Å². The van der Waals surface area contributed by atoms with Gasteiger partial charge in [-0.25, -0.2) is 9.59 Å². The summed E-state index contributed by atoms with van der Waals surface area (Å²) in [6.45, 7) is 4.16. The maximum atomic E-state index is 11.9. The Morgan fingerprint density at radius 1 is 1.42 bits per heavy atom. The Hall–Kier alpha value is -2.04. The lowest BCUT2D eigenvalue weighted by Gasteiger charge is -2.21. The van der Waals surface area contributed by atoms with Crippen molar-refractivity contribution in [2.45, 2.75) is 32.9 Å². The maximum absolute atomic E-state index is 11.9. The van der Waals surface area contributed by atoms with Crippen LogP contribution < -0.4 is 5.32 Å². The molecule has 19 heavy (non-hydrogen) atoms. The molecule has 0 aliphatic rings. The van der Waals surface area contributed by atoms with Gasteiger partial charge in [0.15, 0.2) is 0 Å². The van der Waals surface area contributed by atoms with Crippen molar-refractivity contribution >= 4 is 12.0 Å². The van der Waals surface area contributed by atoms with Gasteiger partial charge in [0, 0.05) is 13.6 Å². The first kappa shape index (κ1) is 15.0. The number of aryl methyl sites for hydroxylation is 1. The van der Waals surface area contributed by atoms with Crippen molar-refractivity contribution in [3.63, 3.8) is 0 Å². The number of nitrogens with zero attached hydrogens (tertiary/aromatic N) is 1. The summed E-state index contributed by atoms with van der Waals surface area (Å²) in [5.41, 5.74) is 2.14. The number of hydrogen-bond donors (Lipinski definition) is 2. The standard InChI is InChI=1S/C14H20N2O3/c1-4-12(13(17)18)15-14(19)16(3)9-11-7-5-6-10(2)8-11/h5-8,12H,4,9H2,1-3H3,(H,15,19)(H,17,18)/t12-/m1/s1. The summed E-state index contributed by atoms with van der Waals surface area (Å²) in [7, 11) is 1.65. The molecule has 1 atom stereocenters. The number of carboxylic acids is 1. The quantitative estimate of drug-likeness (QED) is 0.854. The second kappa shape index (κ2) is 6.78. The minimum absolute atomic E-state index is 0.360. The number of carbonyl (C=O) groups is 2. The van der Waals surface area contributed by atoms with Gasteiger partial charge in [-0.05, 0) is 18.9 Å². The Kier molecular flexibility index (Phi) is 5.36. The highest BCUT2D eigenvalue weighted by molar-refractivity contribution is 5.82. The van der Waals surface area contributed by atoms with Crippen LogP contribution in [0.4, 0.5) is 4.79 Å². The van der Waals surface area contributed by atoms with E-state index in [1.807, 2.05) is 31.2 Å². The monoisotopic (exact) mass is 264 g/mol. The molecule has 5 nitrogen and oxygen atoms in total.